The van der Waals surface area contributed by atoms with Gasteiger partial charge in [-0.05, 0) is 18.2 Å². The first kappa shape index (κ1) is 11.8. The highest BCUT2D eigenvalue weighted by molar-refractivity contribution is 14.2. The molecule has 0 saturated heterocycles. The van der Waals surface area contributed by atoms with Crippen LogP contribution in [0.1, 0.15) is 0 Å². The van der Waals surface area contributed by atoms with Crippen LogP contribution in [0.5, 0.6) is 0 Å². The predicted octanol–water partition coefficient (Wildman–Crippen LogP) is 1.95. The summed E-state index contributed by atoms with van der Waals surface area (Å²) in [5.74, 6) is 0. The molecule has 0 heterocycles. The van der Waals surface area contributed by atoms with E-state index in [-0.39, 0.29) is 8.59 Å². The molecule has 0 aromatic heterocycles. The van der Waals surface area contributed by atoms with Gasteiger partial charge in [0.1, 0.15) is 4.90 Å². The Labute approximate surface area is 92.0 Å². The number of benzene rings is 1. The number of halogens is 2. The molecule has 0 bridgehead atoms. The summed E-state index contributed by atoms with van der Waals surface area (Å²) >= 11 is 1.51. The van der Waals surface area contributed by atoms with Crippen LogP contribution in [0.15, 0.2) is 23.1 Å². The van der Waals surface area contributed by atoms with E-state index in [9.17, 15) is 14.6 Å². The molecule has 1 N–H and O–H groups in total. The van der Waals surface area contributed by atoms with E-state index in [1.807, 2.05) is 0 Å². The highest BCUT2D eigenvalue weighted by Crippen LogP contribution is 2.27. The molecular formula is C6H4ClIO5S. The quantitative estimate of drug-likeness (QED) is 0.650. The standard InChI is InChI=1S/C6H4ClIO5S/c7-4-1-2-5(8(9)10)6(3-4)14(11,12)13/h1-3H,(H,11,12,13). The van der Waals surface area contributed by atoms with Crippen molar-refractivity contribution in [2.24, 2.45) is 0 Å². The average Bonchev–Trinajstić information content (AvgIpc) is 2.01. The Morgan fingerprint density at radius 2 is 1.86 bits per heavy atom. The lowest BCUT2D eigenvalue weighted by Crippen LogP contribution is -2.01. The highest BCUT2D eigenvalue weighted by atomic mass is 127. The van der Waals surface area contributed by atoms with Gasteiger partial charge in [0, 0.05) is 5.02 Å². The minimum absolute atomic E-state index is 0.0408. The fourth-order valence-electron chi connectivity index (χ4n) is 0.802. The highest BCUT2D eigenvalue weighted by Gasteiger charge is 2.18. The van der Waals surface area contributed by atoms with Crippen LogP contribution in [-0.2, 0) is 16.3 Å². The van der Waals surface area contributed by atoms with Gasteiger partial charge in [0.2, 0.25) is 0 Å². The number of hydrogen-bond acceptors (Lipinski definition) is 4. The van der Waals surface area contributed by atoms with Crippen LogP contribution in [0.3, 0.4) is 0 Å². The summed E-state index contributed by atoms with van der Waals surface area (Å²) in [6, 6.07) is 3.19. The Hall–Kier alpha value is -0.250. The minimum Gasteiger partial charge on any atom is -0.282 e. The van der Waals surface area contributed by atoms with Crippen LogP contribution in [-0.4, -0.2) is 13.0 Å². The second-order valence-electron chi connectivity index (χ2n) is 2.27. The van der Waals surface area contributed by atoms with Crippen LogP contribution in [0.4, 0.5) is 0 Å². The van der Waals surface area contributed by atoms with Crippen LogP contribution >= 0.6 is 31.4 Å². The van der Waals surface area contributed by atoms with Crippen molar-refractivity contribution in [3.8, 4) is 0 Å². The van der Waals surface area contributed by atoms with Crippen molar-refractivity contribution in [1.82, 2.24) is 0 Å². The van der Waals surface area contributed by atoms with E-state index >= 15 is 0 Å². The third-order valence-corrected chi connectivity index (χ3v) is 4.72. The maximum Gasteiger partial charge on any atom is 0.342 e. The fraction of sp³-hybridized carbons (Fsp3) is 0. The molecule has 0 unspecified atom stereocenters. The predicted molar refractivity (Wildman–Crippen MR) is 55.4 cm³/mol. The van der Waals surface area contributed by atoms with Crippen molar-refractivity contribution in [2.75, 3.05) is 0 Å². The van der Waals surface area contributed by atoms with Gasteiger partial charge in [-0.3, -0.25) is 4.55 Å². The van der Waals surface area contributed by atoms with Gasteiger partial charge in [-0.15, -0.1) is 0 Å². The normalized spacial score (nSPS) is 11.9. The second-order valence-corrected chi connectivity index (χ2v) is 6.50. The van der Waals surface area contributed by atoms with Crippen molar-refractivity contribution in [3.63, 3.8) is 0 Å². The van der Waals surface area contributed by atoms with Gasteiger partial charge in [-0.25, -0.2) is 6.14 Å². The molecule has 5 nitrogen and oxygen atoms in total. The van der Waals surface area contributed by atoms with Crippen molar-refractivity contribution >= 4 is 41.5 Å². The van der Waals surface area contributed by atoms with Gasteiger partial charge in [-0.1, -0.05) is 11.6 Å². The van der Waals surface area contributed by atoms with Crippen LogP contribution in [0.2, 0.25) is 5.02 Å². The molecule has 0 amide bonds. The summed E-state index contributed by atoms with van der Waals surface area (Å²) in [4.78, 5) is -0.666. The number of rotatable bonds is 2. The van der Waals surface area contributed by atoms with E-state index in [0.29, 0.717) is 0 Å². The monoisotopic (exact) mass is 350 g/mol. The smallest absolute Gasteiger partial charge is 0.282 e. The first-order valence-corrected chi connectivity index (χ1v) is 7.80. The maximum atomic E-state index is 10.8. The third kappa shape index (κ3) is 2.62. The van der Waals surface area contributed by atoms with Gasteiger partial charge in [0.05, 0.1) is 3.57 Å². The van der Waals surface area contributed by atoms with Crippen molar-refractivity contribution in [1.29, 1.82) is 0 Å². The lowest BCUT2D eigenvalue weighted by Gasteiger charge is -1.99. The summed E-state index contributed by atoms with van der Waals surface area (Å²) in [7, 11) is -4.55. The first-order chi connectivity index (χ1) is 6.32. The van der Waals surface area contributed by atoms with E-state index in [1.165, 1.54) is 6.07 Å². The second kappa shape index (κ2) is 4.09. The minimum atomic E-state index is -4.55. The molecule has 0 atom stereocenters. The SMILES string of the molecule is O=I(=O)c1ccc(Cl)cc1S(=O)(=O)O. The summed E-state index contributed by atoms with van der Waals surface area (Å²) in [6.07, 6.45) is 0. The molecular weight excluding hydrogens is 346 g/mol. The Morgan fingerprint density at radius 1 is 1.29 bits per heavy atom. The van der Waals surface area contributed by atoms with Gasteiger partial charge < -0.3 is 0 Å². The summed E-state index contributed by atoms with van der Waals surface area (Å²) < 4.78 is 51.2. The molecule has 0 aliphatic rings. The van der Waals surface area contributed by atoms with E-state index in [0.717, 1.165) is 12.1 Å². The lowest BCUT2D eigenvalue weighted by molar-refractivity contribution is 0.482. The lowest BCUT2D eigenvalue weighted by atomic mass is 10.4. The Kier molecular flexibility index (Phi) is 3.45. The maximum absolute atomic E-state index is 10.8. The topological polar surface area (TPSA) is 88.5 Å². The van der Waals surface area contributed by atoms with E-state index in [1.54, 1.807) is 0 Å². The van der Waals surface area contributed by atoms with Gasteiger partial charge in [-0.2, -0.15) is 8.42 Å². The molecule has 0 saturated carbocycles. The summed E-state index contributed by atoms with van der Waals surface area (Å²) in [5.41, 5.74) is 0. The molecule has 1 aromatic rings. The molecule has 0 radical (unpaired) electrons. The molecule has 8 heteroatoms. The van der Waals surface area contributed by atoms with Crippen LogP contribution in [0, 0.1) is 3.57 Å². The number of hydrogen-bond donors (Lipinski definition) is 1. The summed E-state index contributed by atoms with van der Waals surface area (Å²) in [6.45, 7) is 0. The first-order valence-electron chi connectivity index (χ1n) is 3.14. The van der Waals surface area contributed by atoms with Gasteiger partial charge in [0.15, 0.2) is 0 Å². The van der Waals surface area contributed by atoms with Gasteiger partial charge in [0.25, 0.3) is 10.1 Å². The van der Waals surface area contributed by atoms with Crippen LogP contribution in [0.25, 0.3) is 0 Å². The van der Waals surface area contributed by atoms with Gasteiger partial charge >= 0.3 is 19.8 Å². The molecule has 1 rings (SSSR count). The molecule has 0 aliphatic heterocycles. The molecule has 78 valence electrons. The zero-order valence-corrected chi connectivity index (χ0v) is 10.2. The summed E-state index contributed by atoms with van der Waals surface area (Å²) in [5, 5.41) is 0.0408. The van der Waals surface area contributed by atoms with E-state index < -0.39 is 34.8 Å². The molecule has 0 aliphatic carbocycles. The largest absolute Gasteiger partial charge is 0.342 e. The zero-order valence-electron chi connectivity index (χ0n) is 6.48. The van der Waals surface area contributed by atoms with Crippen molar-refractivity contribution in [3.05, 3.63) is 26.8 Å². The third-order valence-electron chi connectivity index (χ3n) is 1.34. The average molecular weight is 351 g/mol. The molecule has 14 heavy (non-hydrogen) atoms. The molecule has 0 fully saturated rings. The van der Waals surface area contributed by atoms with E-state index in [4.69, 9.17) is 16.2 Å². The molecule has 1 aromatic carbocycles. The Morgan fingerprint density at radius 3 is 2.29 bits per heavy atom. The fourth-order valence-corrected chi connectivity index (χ4v) is 3.95. The zero-order chi connectivity index (χ0) is 10.9. The molecule has 0 spiro atoms. The van der Waals surface area contributed by atoms with E-state index in [2.05, 4.69) is 0 Å². The van der Waals surface area contributed by atoms with Crippen molar-refractivity contribution < 1.29 is 19.1 Å². The van der Waals surface area contributed by atoms with Crippen molar-refractivity contribution in [2.45, 2.75) is 4.90 Å². The Balaban J connectivity index is 3.62. The van der Waals surface area contributed by atoms with Crippen LogP contribution < -0.4 is 0 Å². The Bertz CT molecular complexity index is 525.